The second-order valence-electron chi connectivity index (χ2n) is 4.42. The quantitative estimate of drug-likeness (QED) is 0.751. The monoisotopic (exact) mass is 255 g/mol. The first-order valence-electron chi connectivity index (χ1n) is 5.70. The van der Waals surface area contributed by atoms with E-state index in [0.717, 1.165) is 0 Å². The van der Waals surface area contributed by atoms with Crippen LogP contribution in [-0.2, 0) is 4.79 Å². The summed E-state index contributed by atoms with van der Waals surface area (Å²) >= 11 is 0. The van der Waals surface area contributed by atoms with Crippen molar-refractivity contribution in [3.05, 3.63) is 34.6 Å². The minimum atomic E-state index is -1.16. The average Bonchev–Trinajstić information content (AvgIpc) is 2.31. The normalized spacial score (nSPS) is 14.1. The van der Waals surface area contributed by atoms with Crippen molar-refractivity contribution in [2.75, 3.05) is 6.54 Å². The SMILES string of the molecule is CC(=O)NCC(O)C(O)c1cc(C)c(F)c(C)c1. The molecule has 1 amide bonds. The molecule has 2 unspecified atom stereocenters. The van der Waals surface area contributed by atoms with Crippen molar-refractivity contribution in [3.63, 3.8) is 0 Å². The molecule has 1 aromatic rings. The molecule has 0 saturated carbocycles. The Balaban J connectivity index is 2.83. The highest BCUT2D eigenvalue weighted by Crippen LogP contribution is 2.22. The maximum absolute atomic E-state index is 13.4. The first-order chi connectivity index (χ1) is 8.32. The molecule has 0 heterocycles. The number of hydrogen-bond donors (Lipinski definition) is 3. The first kappa shape index (κ1) is 14.6. The third kappa shape index (κ3) is 3.51. The zero-order valence-corrected chi connectivity index (χ0v) is 10.7. The minimum Gasteiger partial charge on any atom is -0.388 e. The van der Waals surface area contributed by atoms with Crippen molar-refractivity contribution in [2.24, 2.45) is 0 Å². The van der Waals surface area contributed by atoms with Crippen molar-refractivity contribution in [2.45, 2.75) is 33.0 Å². The van der Waals surface area contributed by atoms with E-state index < -0.39 is 12.2 Å². The van der Waals surface area contributed by atoms with Gasteiger partial charge in [0.2, 0.25) is 5.91 Å². The van der Waals surface area contributed by atoms with Gasteiger partial charge in [-0.25, -0.2) is 4.39 Å². The number of hydrogen-bond acceptors (Lipinski definition) is 3. The minimum absolute atomic E-state index is 0.0496. The number of amides is 1. The van der Waals surface area contributed by atoms with Gasteiger partial charge in [-0.1, -0.05) is 12.1 Å². The smallest absolute Gasteiger partial charge is 0.216 e. The van der Waals surface area contributed by atoms with Gasteiger partial charge in [-0.05, 0) is 30.5 Å². The maximum Gasteiger partial charge on any atom is 0.216 e. The Morgan fingerprint density at radius 1 is 1.33 bits per heavy atom. The summed E-state index contributed by atoms with van der Waals surface area (Å²) in [7, 11) is 0. The molecule has 4 nitrogen and oxygen atoms in total. The van der Waals surface area contributed by atoms with E-state index in [1.807, 2.05) is 0 Å². The molecule has 0 radical (unpaired) electrons. The Hall–Kier alpha value is -1.46. The zero-order chi connectivity index (χ0) is 13.9. The van der Waals surface area contributed by atoms with Crippen molar-refractivity contribution < 1.29 is 19.4 Å². The molecule has 0 aliphatic carbocycles. The van der Waals surface area contributed by atoms with Crippen LogP contribution in [0.5, 0.6) is 0 Å². The number of benzene rings is 1. The molecule has 18 heavy (non-hydrogen) atoms. The fourth-order valence-corrected chi connectivity index (χ4v) is 1.73. The number of carbonyl (C=O) groups is 1. The molecule has 0 aliphatic heterocycles. The molecular formula is C13H18FNO3. The van der Waals surface area contributed by atoms with E-state index in [2.05, 4.69) is 5.32 Å². The summed E-state index contributed by atoms with van der Waals surface area (Å²) in [6.07, 6.45) is -2.28. The van der Waals surface area contributed by atoms with Crippen molar-refractivity contribution in [1.29, 1.82) is 0 Å². The molecule has 0 fully saturated rings. The number of halogens is 1. The van der Waals surface area contributed by atoms with Crippen molar-refractivity contribution in [1.82, 2.24) is 5.32 Å². The highest BCUT2D eigenvalue weighted by Gasteiger charge is 2.20. The Morgan fingerprint density at radius 3 is 2.28 bits per heavy atom. The Morgan fingerprint density at radius 2 is 1.83 bits per heavy atom. The van der Waals surface area contributed by atoms with Gasteiger partial charge in [-0.2, -0.15) is 0 Å². The summed E-state index contributed by atoms with van der Waals surface area (Å²) in [6.45, 7) is 4.47. The van der Waals surface area contributed by atoms with E-state index >= 15 is 0 Å². The van der Waals surface area contributed by atoms with Crippen LogP contribution in [0.25, 0.3) is 0 Å². The predicted octanol–water partition coefficient (Wildman–Crippen LogP) is 0.973. The molecule has 0 aliphatic rings. The van der Waals surface area contributed by atoms with E-state index in [1.165, 1.54) is 19.1 Å². The van der Waals surface area contributed by atoms with Gasteiger partial charge in [0.15, 0.2) is 0 Å². The van der Waals surface area contributed by atoms with E-state index in [4.69, 9.17) is 0 Å². The van der Waals surface area contributed by atoms with Gasteiger partial charge >= 0.3 is 0 Å². The molecule has 3 N–H and O–H groups in total. The molecule has 0 spiro atoms. The van der Waals surface area contributed by atoms with E-state index in [1.54, 1.807) is 13.8 Å². The predicted molar refractivity (Wildman–Crippen MR) is 65.5 cm³/mol. The van der Waals surface area contributed by atoms with Crippen LogP contribution in [0.4, 0.5) is 4.39 Å². The van der Waals surface area contributed by atoms with Gasteiger partial charge in [0.25, 0.3) is 0 Å². The largest absolute Gasteiger partial charge is 0.388 e. The van der Waals surface area contributed by atoms with Gasteiger partial charge < -0.3 is 15.5 Å². The fraction of sp³-hybridized carbons (Fsp3) is 0.462. The lowest BCUT2D eigenvalue weighted by atomic mass is 9.99. The van der Waals surface area contributed by atoms with Crippen LogP contribution in [0.1, 0.15) is 29.7 Å². The zero-order valence-electron chi connectivity index (χ0n) is 10.7. The number of carbonyl (C=O) groups excluding carboxylic acids is 1. The number of nitrogens with one attached hydrogen (secondary N) is 1. The average molecular weight is 255 g/mol. The van der Waals surface area contributed by atoms with Crippen LogP contribution >= 0.6 is 0 Å². The van der Waals surface area contributed by atoms with E-state index in [0.29, 0.717) is 16.7 Å². The van der Waals surface area contributed by atoms with Crippen LogP contribution in [0.2, 0.25) is 0 Å². The molecule has 100 valence electrons. The van der Waals surface area contributed by atoms with Crippen LogP contribution in [0.15, 0.2) is 12.1 Å². The molecular weight excluding hydrogens is 237 g/mol. The number of rotatable bonds is 4. The van der Waals surface area contributed by atoms with Crippen LogP contribution in [0, 0.1) is 19.7 Å². The maximum atomic E-state index is 13.4. The molecule has 0 bridgehead atoms. The summed E-state index contributed by atoms with van der Waals surface area (Å²) in [6, 6.07) is 2.98. The van der Waals surface area contributed by atoms with Gasteiger partial charge in [-0.15, -0.1) is 0 Å². The summed E-state index contributed by atoms with van der Waals surface area (Å²) in [4.78, 5) is 10.7. The summed E-state index contributed by atoms with van der Waals surface area (Å²) < 4.78 is 13.4. The van der Waals surface area contributed by atoms with Gasteiger partial charge in [0, 0.05) is 13.5 Å². The summed E-state index contributed by atoms with van der Waals surface area (Å²) in [5.41, 5.74) is 1.26. The van der Waals surface area contributed by atoms with Crippen molar-refractivity contribution in [3.8, 4) is 0 Å². The first-order valence-corrected chi connectivity index (χ1v) is 5.70. The molecule has 2 atom stereocenters. The molecule has 0 aromatic heterocycles. The molecule has 0 saturated heterocycles. The van der Waals surface area contributed by atoms with Gasteiger partial charge in [0.1, 0.15) is 18.0 Å². The number of aryl methyl sites for hydroxylation is 2. The topological polar surface area (TPSA) is 69.6 Å². The lowest BCUT2D eigenvalue weighted by molar-refractivity contribution is -0.119. The standard InChI is InChI=1S/C13H18FNO3/c1-7-4-10(5-8(2)12(7)14)13(18)11(17)6-15-9(3)16/h4-5,11,13,17-18H,6H2,1-3H3,(H,15,16). The number of aliphatic hydroxyl groups excluding tert-OH is 2. The fourth-order valence-electron chi connectivity index (χ4n) is 1.73. The highest BCUT2D eigenvalue weighted by molar-refractivity contribution is 5.72. The Kier molecular flexibility index (Phi) is 4.81. The number of aliphatic hydroxyl groups is 2. The lowest BCUT2D eigenvalue weighted by Crippen LogP contribution is -2.34. The highest BCUT2D eigenvalue weighted by atomic mass is 19.1. The van der Waals surface area contributed by atoms with Crippen molar-refractivity contribution >= 4 is 5.91 Å². The second kappa shape index (κ2) is 5.93. The third-order valence-electron chi connectivity index (χ3n) is 2.72. The Labute approximate surface area is 105 Å². The van der Waals surface area contributed by atoms with E-state index in [9.17, 15) is 19.4 Å². The molecule has 5 heteroatoms. The molecule has 1 rings (SSSR count). The third-order valence-corrected chi connectivity index (χ3v) is 2.72. The summed E-state index contributed by atoms with van der Waals surface area (Å²) in [5, 5.41) is 22.0. The second-order valence-corrected chi connectivity index (χ2v) is 4.42. The Bertz CT molecular complexity index is 425. The van der Waals surface area contributed by atoms with E-state index in [-0.39, 0.29) is 18.3 Å². The van der Waals surface area contributed by atoms with Gasteiger partial charge in [-0.3, -0.25) is 4.79 Å². The van der Waals surface area contributed by atoms with Gasteiger partial charge in [0.05, 0.1) is 0 Å². The molecule has 1 aromatic carbocycles. The lowest BCUT2D eigenvalue weighted by Gasteiger charge is -2.19. The van der Waals surface area contributed by atoms with Crippen LogP contribution < -0.4 is 5.32 Å². The summed E-state index contributed by atoms with van der Waals surface area (Å²) in [5.74, 6) is -0.602. The van der Waals surface area contributed by atoms with Crippen LogP contribution in [-0.4, -0.2) is 28.8 Å². The van der Waals surface area contributed by atoms with Crippen LogP contribution in [0.3, 0.4) is 0 Å².